The maximum atomic E-state index is 12.1. The molecule has 1 aromatic rings. The zero-order chi connectivity index (χ0) is 19.6. The van der Waals surface area contributed by atoms with Crippen LogP contribution >= 0.6 is 0 Å². The van der Waals surface area contributed by atoms with E-state index in [1.54, 1.807) is 12.1 Å². The summed E-state index contributed by atoms with van der Waals surface area (Å²) in [6.07, 6.45) is 2.77. The molecule has 1 saturated carbocycles. The number of ether oxygens (including phenoxy) is 2. The van der Waals surface area contributed by atoms with Crippen LogP contribution in [-0.4, -0.2) is 48.8 Å². The van der Waals surface area contributed by atoms with Crippen molar-refractivity contribution < 1.29 is 19.2 Å². The highest BCUT2D eigenvalue weighted by Crippen LogP contribution is 2.49. The van der Waals surface area contributed by atoms with Gasteiger partial charge in [-0.25, -0.2) is 0 Å². The Kier molecular flexibility index (Phi) is 5.46. The summed E-state index contributed by atoms with van der Waals surface area (Å²) in [6.45, 7) is 7.63. The van der Waals surface area contributed by atoms with E-state index in [4.69, 9.17) is 9.47 Å². The molecule has 2 aliphatic rings. The Hall–Kier alpha value is -2.48. The number of aromatic nitrogens is 1. The van der Waals surface area contributed by atoms with Crippen molar-refractivity contribution in [1.82, 2.24) is 4.98 Å². The van der Waals surface area contributed by atoms with Crippen LogP contribution in [0, 0.1) is 10.1 Å². The minimum Gasteiger partial charge on any atom is -0.468 e. The van der Waals surface area contributed by atoms with Gasteiger partial charge in [0, 0.05) is 25.8 Å². The molecule has 1 saturated heterocycles. The fourth-order valence-electron chi connectivity index (χ4n) is 3.65. The third-order valence-electron chi connectivity index (χ3n) is 5.23. The molecule has 8 heteroatoms. The number of nitrogens with zero attached hydrogens (tertiary/aromatic N) is 3. The Morgan fingerprint density at radius 3 is 2.63 bits per heavy atom. The fourth-order valence-corrected chi connectivity index (χ4v) is 3.65. The van der Waals surface area contributed by atoms with Gasteiger partial charge in [-0.3, -0.25) is 4.79 Å². The lowest BCUT2D eigenvalue weighted by atomic mass is 10.0. The predicted octanol–water partition coefficient (Wildman–Crippen LogP) is 2.76. The molecule has 1 aliphatic heterocycles. The lowest BCUT2D eigenvalue weighted by molar-refractivity contribution is -0.388. The molecule has 27 heavy (non-hydrogen) atoms. The topological polar surface area (TPSA) is 94.8 Å². The second-order valence-corrected chi connectivity index (χ2v) is 7.30. The molecule has 0 bridgehead atoms. The molecule has 0 amide bonds. The summed E-state index contributed by atoms with van der Waals surface area (Å²) in [4.78, 5) is 29.7. The normalized spacial score (nSPS) is 18.6. The largest absolute Gasteiger partial charge is 0.468 e. The number of carbonyl (C=O) groups is 1. The zero-order valence-corrected chi connectivity index (χ0v) is 15.8. The first kappa shape index (κ1) is 19.3. The van der Waals surface area contributed by atoms with Crippen molar-refractivity contribution in [3.63, 3.8) is 0 Å². The monoisotopic (exact) mass is 375 g/mol. The third-order valence-corrected chi connectivity index (χ3v) is 5.23. The Morgan fingerprint density at radius 1 is 1.44 bits per heavy atom. The first-order valence-electron chi connectivity index (χ1n) is 9.12. The van der Waals surface area contributed by atoms with Crippen molar-refractivity contribution in [1.29, 1.82) is 0 Å². The number of nitro groups is 1. The van der Waals surface area contributed by atoms with Crippen molar-refractivity contribution in [3.8, 4) is 0 Å². The van der Waals surface area contributed by atoms with Crippen molar-refractivity contribution >= 4 is 17.5 Å². The van der Waals surface area contributed by atoms with Gasteiger partial charge in [0.2, 0.25) is 0 Å². The van der Waals surface area contributed by atoms with Gasteiger partial charge in [0.15, 0.2) is 5.69 Å². The van der Waals surface area contributed by atoms with Crippen molar-refractivity contribution in [2.45, 2.75) is 44.1 Å². The lowest BCUT2D eigenvalue weighted by Crippen LogP contribution is -2.41. The maximum absolute atomic E-state index is 12.1. The number of esters is 1. The third kappa shape index (κ3) is 3.80. The molecule has 0 atom stereocenters. The minimum absolute atomic E-state index is 0.122. The molecule has 1 aliphatic carbocycles. The van der Waals surface area contributed by atoms with E-state index in [1.165, 1.54) is 7.11 Å². The summed E-state index contributed by atoms with van der Waals surface area (Å²) in [7, 11) is 1.32. The van der Waals surface area contributed by atoms with Gasteiger partial charge in [-0.15, -0.1) is 0 Å². The molecule has 2 heterocycles. The molecule has 0 aromatic carbocycles. The Balaban J connectivity index is 2.01. The van der Waals surface area contributed by atoms with Gasteiger partial charge in [-0.1, -0.05) is 12.2 Å². The lowest BCUT2D eigenvalue weighted by Gasteiger charge is -2.35. The number of pyridine rings is 1. The van der Waals surface area contributed by atoms with E-state index in [-0.39, 0.29) is 17.8 Å². The van der Waals surface area contributed by atoms with Crippen LogP contribution in [0.15, 0.2) is 24.3 Å². The Morgan fingerprint density at radius 2 is 2.11 bits per heavy atom. The number of hydrogen-bond donors (Lipinski definition) is 0. The van der Waals surface area contributed by atoms with Gasteiger partial charge in [0.25, 0.3) is 0 Å². The van der Waals surface area contributed by atoms with E-state index in [2.05, 4.69) is 11.6 Å². The smallest absolute Gasteiger partial charge is 0.387 e. The molecule has 0 spiro atoms. The van der Waals surface area contributed by atoms with Gasteiger partial charge < -0.3 is 24.5 Å². The second kappa shape index (κ2) is 7.64. The molecule has 8 nitrogen and oxygen atoms in total. The van der Waals surface area contributed by atoms with Crippen LogP contribution in [-0.2, 0) is 19.7 Å². The van der Waals surface area contributed by atoms with Crippen LogP contribution in [0.5, 0.6) is 0 Å². The molecule has 3 rings (SSSR count). The number of anilines is 1. The summed E-state index contributed by atoms with van der Waals surface area (Å²) >= 11 is 0. The number of rotatable bonds is 7. The van der Waals surface area contributed by atoms with Gasteiger partial charge >= 0.3 is 11.8 Å². The van der Waals surface area contributed by atoms with E-state index >= 15 is 0 Å². The number of methoxy groups -OCH3 is 1. The molecule has 0 unspecified atom stereocenters. The van der Waals surface area contributed by atoms with E-state index in [1.807, 2.05) is 11.8 Å². The molecule has 146 valence electrons. The van der Waals surface area contributed by atoms with Gasteiger partial charge in [0.1, 0.15) is 11.1 Å². The average Bonchev–Trinajstić information content (AvgIpc) is 3.47. The fraction of sp³-hybridized carbons (Fsp3) is 0.579. The molecule has 0 N–H and O–H groups in total. The highest BCUT2D eigenvalue weighted by Gasteiger charge is 2.57. The second-order valence-electron chi connectivity index (χ2n) is 7.30. The van der Waals surface area contributed by atoms with E-state index in [0.29, 0.717) is 44.0 Å². The van der Waals surface area contributed by atoms with E-state index in [9.17, 15) is 14.9 Å². The number of carbonyl (C=O) groups excluding carboxylic acids is 1. The van der Waals surface area contributed by atoms with E-state index in [0.717, 1.165) is 18.4 Å². The van der Waals surface area contributed by atoms with Crippen LogP contribution in [0.2, 0.25) is 0 Å². The van der Waals surface area contributed by atoms with Crippen molar-refractivity contribution in [3.05, 3.63) is 40.1 Å². The van der Waals surface area contributed by atoms with E-state index < -0.39 is 10.3 Å². The molecule has 1 aromatic heterocycles. The summed E-state index contributed by atoms with van der Waals surface area (Å²) in [6, 6.07) is 3.55. The minimum atomic E-state index is -0.837. The Bertz CT molecular complexity index is 754. The van der Waals surface area contributed by atoms with Crippen molar-refractivity contribution in [2.24, 2.45) is 0 Å². The van der Waals surface area contributed by atoms with Crippen LogP contribution in [0.25, 0.3) is 0 Å². The molecule has 2 fully saturated rings. The van der Waals surface area contributed by atoms with Crippen molar-refractivity contribution in [2.75, 3.05) is 31.8 Å². The highest BCUT2D eigenvalue weighted by molar-refractivity contribution is 5.86. The summed E-state index contributed by atoms with van der Waals surface area (Å²) in [5.41, 5.74) is 0.940. The van der Waals surface area contributed by atoms with Crippen LogP contribution in [0.1, 0.15) is 38.3 Å². The molecular weight excluding hydrogens is 350 g/mol. The number of hydrogen-bond acceptors (Lipinski definition) is 7. The zero-order valence-electron chi connectivity index (χ0n) is 15.8. The van der Waals surface area contributed by atoms with Gasteiger partial charge in [0.05, 0.1) is 7.11 Å². The highest BCUT2D eigenvalue weighted by atomic mass is 16.6. The maximum Gasteiger partial charge on any atom is 0.387 e. The van der Waals surface area contributed by atoms with Gasteiger partial charge in [-0.2, -0.15) is 0 Å². The predicted molar refractivity (Wildman–Crippen MR) is 99.8 cm³/mol. The molecule has 0 radical (unpaired) electrons. The quantitative estimate of drug-likeness (QED) is 0.313. The summed E-state index contributed by atoms with van der Waals surface area (Å²) < 4.78 is 10.3. The van der Waals surface area contributed by atoms with Crippen LogP contribution in [0.4, 0.5) is 11.5 Å². The first-order chi connectivity index (χ1) is 12.9. The SMILES string of the molecule is C=C(C)CN(c1ccc(C2(C(=O)OC)CC2)nc1[N+](=O)[O-])C1CCOCC1. The first-order valence-corrected chi connectivity index (χ1v) is 9.12. The summed E-state index contributed by atoms with van der Waals surface area (Å²) in [5.74, 6) is -0.615. The Labute approximate surface area is 158 Å². The van der Waals surface area contributed by atoms with Crippen LogP contribution < -0.4 is 4.90 Å². The average molecular weight is 375 g/mol. The summed E-state index contributed by atoms with van der Waals surface area (Å²) in [5, 5.41) is 11.8. The van der Waals surface area contributed by atoms with Gasteiger partial charge in [-0.05, 0) is 54.6 Å². The standard InChI is InChI=1S/C19H25N3O5/c1-13(2)12-21(14-6-10-27-11-7-14)15-4-5-16(20-17(15)22(24)25)19(8-9-19)18(23)26-3/h4-5,14H,1,6-12H2,2-3H3. The molecular formula is C19H25N3O5. The van der Waals surface area contributed by atoms with Crippen LogP contribution in [0.3, 0.4) is 0 Å².